The maximum absolute atomic E-state index is 14.2. The quantitative estimate of drug-likeness (QED) is 0.219. The average molecular weight is 620 g/mol. The molecule has 2 fully saturated rings. The molecule has 0 bridgehead atoms. The minimum atomic E-state index is -2.39. The number of nitrogens with two attached hydrogens (primary N) is 1. The standard InChI is InChI=1S/C34H48BN4O6/c1-6-39(16-18-11-9-7-8-10-12-18)17-20-15-23(40)25-21(27(20)37(2)3)13-19-14-22-28(38(4)5)30(42)26(33(36)44)31(35)34(22,45)32(43)24(19)29(25)41/h15,18-19,22,28,40-42,45H,6-14,16-17H2,1-5H3,(H2,36,44)/t19-,22-,28-,34+/m0/s1. The number of nitrogens with zero attached hydrogens (tertiary/aromatic N) is 3. The van der Waals surface area contributed by atoms with E-state index in [-0.39, 0.29) is 29.1 Å². The van der Waals surface area contributed by atoms with Crippen molar-refractivity contribution in [3.05, 3.63) is 39.7 Å². The minimum absolute atomic E-state index is 0.0387. The van der Waals surface area contributed by atoms with Crippen LogP contribution >= 0.6 is 0 Å². The van der Waals surface area contributed by atoms with Crippen LogP contribution in [0.25, 0.3) is 5.76 Å². The number of hydrogen-bond donors (Lipinski definition) is 5. The Labute approximate surface area is 267 Å². The number of phenols is 1. The first-order valence-corrected chi connectivity index (χ1v) is 16.2. The number of phenolic OH excluding ortho intramolecular Hbond substituents is 1. The second kappa shape index (κ2) is 12.6. The van der Waals surface area contributed by atoms with Crippen molar-refractivity contribution in [2.24, 2.45) is 23.5 Å². The van der Waals surface area contributed by atoms with Crippen LogP contribution in [0.5, 0.6) is 5.75 Å². The fourth-order valence-corrected chi connectivity index (χ4v) is 8.60. The molecule has 5 rings (SSSR count). The van der Waals surface area contributed by atoms with Crippen molar-refractivity contribution in [2.45, 2.75) is 76.5 Å². The van der Waals surface area contributed by atoms with Crippen molar-refractivity contribution < 1.29 is 30.0 Å². The molecule has 1 aromatic carbocycles. The Morgan fingerprint density at radius 2 is 1.73 bits per heavy atom. The summed E-state index contributed by atoms with van der Waals surface area (Å²) in [6.45, 7) is 4.64. The van der Waals surface area contributed by atoms with Gasteiger partial charge in [-0.15, -0.1) is 0 Å². The summed E-state index contributed by atoms with van der Waals surface area (Å²) in [7, 11) is 13.5. The Morgan fingerprint density at radius 3 is 2.29 bits per heavy atom. The van der Waals surface area contributed by atoms with Crippen LogP contribution in [0.15, 0.2) is 23.0 Å². The van der Waals surface area contributed by atoms with Gasteiger partial charge in [0.25, 0.3) is 0 Å². The van der Waals surface area contributed by atoms with E-state index in [1.165, 1.54) is 38.5 Å². The van der Waals surface area contributed by atoms with Gasteiger partial charge in [-0.25, -0.2) is 0 Å². The molecule has 2 saturated carbocycles. The number of anilines is 1. The Bertz CT molecular complexity index is 1460. The summed E-state index contributed by atoms with van der Waals surface area (Å²) >= 11 is 0. The number of primary amides is 1. The number of rotatable bonds is 8. The number of carbonyl (C=O) groups excluding carboxylic acids is 2. The van der Waals surface area contributed by atoms with Gasteiger partial charge >= 0.3 is 216 Å². The topological polar surface area (TPSA) is 151 Å². The van der Waals surface area contributed by atoms with Crippen molar-refractivity contribution in [3.63, 3.8) is 0 Å². The molecule has 0 aliphatic heterocycles. The summed E-state index contributed by atoms with van der Waals surface area (Å²) in [4.78, 5) is 32.6. The number of hydrogen-bond acceptors (Lipinski definition) is 9. The molecular weight excluding hydrogens is 571 g/mol. The monoisotopic (exact) mass is 619 g/mol. The van der Waals surface area contributed by atoms with Crippen molar-refractivity contribution in [2.75, 3.05) is 46.2 Å². The number of aliphatic hydroxyl groups is 3. The third kappa shape index (κ3) is 5.50. The Kier molecular flexibility index (Phi) is 9.28. The zero-order valence-electron chi connectivity index (χ0n) is 27.3. The van der Waals surface area contributed by atoms with Gasteiger partial charge in [-0.05, 0) is 18.8 Å². The van der Waals surface area contributed by atoms with Gasteiger partial charge in [0, 0.05) is 0 Å². The zero-order chi connectivity index (χ0) is 33.0. The molecule has 10 nitrogen and oxygen atoms in total. The normalized spacial score (nSPS) is 27.4. The van der Waals surface area contributed by atoms with Gasteiger partial charge in [-0.2, -0.15) is 0 Å². The molecule has 1 aromatic rings. The van der Waals surface area contributed by atoms with Crippen molar-refractivity contribution in [1.29, 1.82) is 0 Å². The number of fused-ring (bicyclic) bond motifs is 3. The summed E-state index contributed by atoms with van der Waals surface area (Å²) in [5.74, 6) is -3.63. The molecule has 1 radical (unpaired) electrons. The molecule has 45 heavy (non-hydrogen) atoms. The van der Waals surface area contributed by atoms with Gasteiger partial charge in [-0.1, -0.05) is 32.6 Å². The molecular formula is C34H48BN4O6. The molecule has 6 N–H and O–H groups in total. The molecule has 0 saturated heterocycles. The molecule has 0 aromatic heterocycles. The van der Waals surface area contributed by atoms with Crippen LogP contribution in [0.2, 0.25) is 0 Å². The van der Waals surface area contributed by atoms with Crippen LogP contribution in [0.4, 0.5) is 5.69 Å². The fraction of sp³-hybridized carbons (Fsp3) is 0.618. The van der Waals surface area contributed by atoms with E-state index >= 15 is 0 Å². The number of benzene rings is 1. The van der Waals surface area contributed by atoms with Crippen LogP contribution in [0.1, 0.15) is 68.6 Å². The van der Waals surface area contributed by atoms with E-state index in [0.29, 0.717) is 18.9 Å². The Hall–Kier alpha value is -3.15. The summed E-state index contributed by atoms with van der Waals surface area (Å²) in [5.41, 5.74) is 4.84. The Morgan fingerprint density at radius 1 is 1.09 bits per heavy atom. The number of aromatic hydroxyl groups is 1. The van der Waals surface area contributed by atoms with E-state index < -0.39 is 52.0 Å². The molecule has 243 valence electrons. The predicted molar refractivity (Wildman–Crippen MR) is 176 cm³/mol. The van der Waals surface area contributed by atoms with E-state index in [1.54, 1.807) is 25.1 Å². The third-order valence-electron chi connectivity index (χ3n) is 10.7. The second-order valence-corrected chi connectivity index (χ2v) is 13.9. The number of aliphatic hydroxyl groups excluding tert-OH is 2. The van der Waals surface area contributed by atoms with Crippen LogP contribution < -0.4 is 10.6 Å². The van der Waals surface area contributed by atoms with Crippen molar-refractivity contribution >= 4 is 36.1 Å². The number of likely N-dealkylation sites (N-methyl/N-ethyl adjacent to an activating group) is 1. The molecule has 4 aliphatic rings. The molecule has 11 heteroatoms. The van der Waals surface area contributed by atoms with Gasteiger partial charge < -0.3 is 0 Å². The second-order valence-electron chi connectivity index (χ2n) is 13.9. The number of amides is 1. The van der Waals surface area contributed by atoms with Gasteiger partial charge in [0.1, 0.15) is 0 Å². The summed E-state index contributed by atoms with van der Waals surface area (Å²) in [5, 5.41) is 46.3. The predicted octanol–water partition coefficient (Wildman–Crippen LogP) is 2.59. The van der Waals surface area contributed by atoms with Gasteiger partial charge in [0.2, 0.25) is 0 Å². The van der Waals surface area contributed by atoms with Gasteiger partial charge in [0.05, 0.1) is 0 Å². The van der Waals surface area contributed by atoms with E-state index in [2.05, 4.69) is 11.8 Å². The van der Waals surface area contributed by atoms with Crippen LogP contribution in [-0.2, 0) is 22.6 Å². The SMILES string of the molecule is [B]=C1C(C(N)=O)=C(O)[C@@H](N(C)C)[C@@H]2C[C@@H]3Cc4c(c(O)cc(CN(CC)CC5CCCCCC5)c4N(C)C)C(O)=C3C(=O)[C@]12O. The Balaban J connectivity index is 1.59. The van der Waals surface area contributed by atoms with Crippen molar-refractivity contribution in [1.82, 2.24) is 9.80 Å². The number of ketones is 1. The van der Waals surface area contributed by atoms with Crippen molar-refractivity contribution in [3.8, 4) is 5.75 Å². The van der Waals surface area contributed by atoms with Crippen LogP contribution in [0, 0.1) is 17.8 Å². The van der Waals surface area contributed by atoms with Crippen LogP contribution in [-0.4, -0.2) is 108 Å². The van der Waals surface area contributed by atoms with E-state index in [0.717, 1.165) is 29.9 Å². The molecule has 4 aliphatic carbocycles. The first-order chi connectivity index (χ1) is 21.2. The first-order valence-electron chi connectivity index (χ1n) is 16.2. The maximum atomic E-state index is 14.2. The average Bonchev–Trinajstić information content (AvgIpc) is 3.22. The molecule has 0 heterocycles. The van der Waals surface area contributed by atoms with Gasteiger partial charge in [0.15, 0.2) is 0 Å². The van der Waals surface area contributed by atoms with E-state index in [9.17, 15) is 30.0 Å². The van der Waals surface area contributed by atoms with E-state index in [4.69, 9.17) is 13.2 Å². The van der Waals surface area contributed by atoms with Gasteiger partial charge in [-0.3, -0.25) is 0 Å². The zero-order valence-corrected chi connectivity index (χ0v) is 27.3. The number of carbonyl (C=O) groups is 2. The molecule has 4 atom stereocenters. The van der Waals surface area contributed by atoms with Crippen LogP contribution in [0.3, 0.4) is 0 Å². The van der Waals surface area contributed by atoms with E-state index in [1.807, 2.05) is 19.0 Å². The summed E-state index contributed by atoms with van der Waals surface area (Å²) < 4.78 is 0. The first kappa shape index (κ1) is 33.2. The number of Topliss-reactive ketones (excluding diaryl/α,β-unsaturated/α-hetero) is 1. The summed E-state index contributed by atoms with van der Waals surface area (Å²) in [6, 6.07) is 0.759. The third-order valence-corrected chi connectivity index (χ3v) is 10.7. The fourth-order valence-electron chi connectivity index (χ4n) is 8.60. The summed E-state index contributed by atoms with van der Waals surface area (Å²) in [6.07, 6.45) is 8.11. The molecule has 0 spiro atoms. The molecule has 0 unspecified atom stereocenters. The molecule has 1 amide bonds.